The summed E-state index contributed by atoms with van der Waals surface area (Å²) in [5, 5.41) is 13.2. The number of anilines is 3. The Bertz CT molecular complexity index is 1290. The summed E-state index contributed by atoms with van der Waals surface area (Å²) in [7, 11) is 4.91. The van der Waals surface area contributed by atoms with Gasteiger partial charge in [-0.15, -0.1) is 0 Å². The van der Waals surface area contributed by atoms with E-state index in [9.17, 15) is 9.59 Å². The third kappa shape index (κ3) is 7.09. The van der Waals surface area contributed by atoms with Crippen molar-refractivity contribution >= 4 is 29.0 Å². The first kappa shape index (κ1) is 28.0. The lowest BCUT2D eigenvalue weighted by Crippen LogP contribution is -2.47. The van der Waals surface area contributed by atoms with Crippen molar-refractivity contribution in [1.82, 2.24) is 34.9 Å². The van der Waals surface area contributed by atoms with E-state index in [2.05, 4.69) is 47.7 Å². The Morgan fingerprint density at radius 1 is 1.05 bits per heavy atom. The summed E-state index contributed by atoms with van der Waals surface area (Å²) in [6, 6.07) is 7.19. The van der Waals surface area contributed by atoms with Gasteiger partial charge >= 0.3 is 0 Å². The lowest BCUT2D eigenvalue weighted by Gasteiger charge is -2.34. The number of piperazine rings is 1. The van der Waals surface area contributed by atoms with Gasteiger partial charge in [0.1, 0.15) is 12.1 Å². The van der Waals surface area contributed by atoms with Crippen LogP contribution in [-0.2, 0) is 11.8 Å². The minimum absolute atomic E-state index is 0.127. The minimum atomic E-state index is -0.313. The quantitative estimate of drug-likeness (QED) is 0.339. The van der Waals surface area contributed by atoms with E-state index in [0.29, 0.717) is 52.9 Å². The predicted octanol–water partition coefficient (Wildman–Crippen LogP) is 2.35. The van der Waals surface area contributed by atoms with Crippen LogP contribution in [-0.4, -0.2) is 94.8 Å². The van der Waals surface area contributed by atoms with Gasteiger partial charge in [-0.05, 0) is 25.1 Å². The minimum Gasteiger partial charge on any atom is -0.494 e. The number of nitrogens with zero attached hydrogens (tertiary/aromatic N) is 6. The molecule has 2 amide bonds. The van der Waals surface area contributed by atoms with Gasteiger partial charge < -0.3 is 30.5 Å². The van der Waals surface area contributed by atoms with Crippen molar-refractivity contribution in [3.8, 4) is 17.1 Å². The molecule has 0 spiro atoms. The number of aromatic nitrogens is 4. The molecule has 4 rings (SSSR count). The van der Waals surface area contributed by atoms with Crippen LogP contribution in [0.15, 0.2) is 36.8 Å². The summed E-state index contributed by atoms with van der Waals surface area (Å²) in [5.41, 5.74) is 2.10. The van der Waals surface area contributed by atoms with Gasteiger partial charge in [0.25, 0.3) is 5.91 Å². The fourth-order valence-corrected chi connectivity index (χ4v) is 4.60. The molecule has 3 heterocycles. The maximum Gasteiger partial charge on any atom is 0.254 e. The molecule has 1 fully saturated rings. The van der Waals surface area contributed by atoms with Crippen molar-refractivity contribution < 1.29 is 14.3 Å². The number of carbonyl (C=O) groups excluding carboxylic acids is 2. The van der Waals surface area contributed by atoms with Crippen molar-refractivity contribution in [2.75, 3.05) is 64.1 Å². The number of benzene rings is 1. The van der Waals surface area contributed by atoms with Crippen molar-refractivity contribution in [1.29, 1.82) is 0 Å². The van der Waals surface area contributed by atoms with Gasteiger partial charge in [-0.2, -0.15) is 5.10 Å². The molecule has 2 aromatic heterocycles. The molecular formula is C27H37N9O3. The Morgan fingerprint density at radius 3 is 2.44 bits per heavy atom. The number of aryl methyl sites for hydroxylation is 1. The largest absolute Gasteiger partial charge is 0.494 e. The average Bonchev–Trinajstić information content (AvgIpc) is 3.38. The number of carbonyl (C=O) groups is 2. The fourth-order valence-electron chi connectivity index (χ4n) is 4.60. The third-order valence-electron chi connectivity index (χ3n) is 6.63. The SMILES string of the molecule is CCCN1CCN(CCC(=O)Nc2cc(Nc3cccc(-c4ncn(C)n4)c3OC)c(C(=O)NC)cn2)CC1. The normalized spacial score (nSPS) is 14.2. The van der Waals surface area contributed by atoms with Gasteiger partial charge in [-0.25, -0.2) is 9.97 Å². The van der Waals surface area contributed by atoms with E-state index in [4.69, 9.17) is 4.74 Å². The second-order valence-corrected chi connectivity index (χ2v) is 9.43. The van der Waals surface area contributed by atoms with Crippen LogP contribution in [0.4, 0.5) is 17.2 Å². The maximum atomic E-state index is 12.7. The third-order valence-corrected chi connectivity index (χ3v) is 6.63. The molecule has 1 aromatic carbocycles. The van der Waals surface area contributed by atoms with Crippen molar-refractivity contribution in [3.05, 3.63) is 42.4 Å². The van der Waals surface area contributed by atoms with Gasteiger partial charge in [0.2, 0.25) is 5.91 Å². The van der Waals surface area contributed by atoms with E-state index in [0.717, 1.165) is 39.1 Å². The highest BCUT2D eigenvalue weighted by molar-refractivity contribution is 6.01. The van der Waals surface area contributed by atoms with E-state index in [1.807, 2.05) is 18.2 Å². The summed E-state index contributed by atoms with van der Waals surface area (Å²) in [6.45, 7) is 8.02. The Kier molecular flexibility index (Phi) is 9.45. The molecular weight excluding hydrogens is 498 g/mol. The second-order valence-electron chi connectivity index (χ2n) is 9.43. The van der Waals surface area contributed by atoms with Crippen LogP contribution in [0.3, 0.4) is 0 Å². The monoisotopic (exact) mass is 535 g/mol. The summed E-state index contributed by atoms with van der Waals surface area (Å²) in [5.74, 6) is 0.945. The highest BCUT2D eigenvalue weighted by Crippen LogP contribution is 2.37. The van der Waals surface area contributed by atoms with Gasteiger partial charge in [0.15, 0.2) is 11.6 Å². The van der Waals surface area contributed by atoms with E-state index < -0.39 is 0 Å². The highest BCUT2D eigenvalue weighted by Gasteiger charge is 2.20. The van der Waals surface area contributed by atoms with E-state index in [1.54, 1.807) is 38.3 Å². The molecule has 12 nitrogen and oxygen atoms in total. The van der Waals surface area contributed by atoms with E-state index in [-0.39, 0.29) is 11.8 Å². The maximum absolute atomic E-state index is 12.7. The number of pyridine rings is 1. The lowest BCUT2D eigenvalue weighted by atomic mass is 10.1. The number of para-hydroxylation sites is 1. The summed E-state index contributed by atoms with van der Waals surface area (Å²) in [4.78, 5) is 38.8. The topological polar surface area (TPSA) is 130 Å². The van der Waals surface area contributed by atoms with Crippen LogP contribution in [0, 0.1) is 0 Å². The molecule has 0 radical (unpaired) electrons. The molecule has 3 aromatic rings. The van der Waals surface area contributed by atoms with Crippen LogP contribution in [0.25, 0.3) is 11.4 Å². The second kappa shape index (κ2) is 13.2. The zero-order valence-corrected chi connectivity index (χ0v) is 23.0. The first-order valence-electron chi connectivity index (χ1n) is 13.2. The van der Waals surface area contributed by atoms with Crippen LogP contribution in [0.5, 0.6) is 5.75 Å². The molecule has 0 aliphatic carbocycles. The predicted molar refractivity (Wildman–Crippen MR) is 150 cm³/mol. The first-order valence-corrected chi connectivity index (χ1v) is 13.2. The van der Waals surface area contributed by atoms with Gasteiger partial charge in [-0.3, -0.25) is 14.3 Å². The molecule has 0 unspecified atom stereocenters. The number of nitrogens with one attached hydrogen (secondary N) is 3. The van der Waals surface area contributed by atoms with Crippen LogP contribution < -0.4 is 20.7 Å². The summed E-state index contributed by atoms with van der Waals surface area (Å²) in [6.07, 6.45) is 4.58. The van der Waals surface area contributed by atoms with Crippen LogP contribution >= 0.6 is 0 Å². The van der Waals surface area contributed by atoms with Gasteiger partial charge in [0, 0.05) is 65.5 Å². The molecule has 0 bridgehead atoms. The number of rotatable bonds is 11. The van der Waals surface area contributed by atoms with Crippen LogP contribution in [0.2, 0.25) is 0 Å². The molecule has 3 N–H and O–H groups in total. The molecule has 1 aliphatic heterocycles. The molecule has 1 saturated heterocycles. The van der Waals surface area contributed by atoms with Crippen molar-refractivity contribution in [3.63, 3.8) is 0 Å². The smallest absolute Gasteiger partial charge is 0.254 e. The molecule has 39 heavy (non-hydrogen) atoms. The molecule has 12 heteroatoms. The van der Waals surface area contributed by atoms with Gasteiger partial charge in [-0.1, -0.05) is 13.0 Å². The average molecular weight is 536 g/mol. The number of methoxy groups -OCH3 is 1. The van der Waals surface area contributed by atoms with Crippen molar-refractivity contribution in [2.45, 2.75) is 19.8 Å². The number of hydrogen-bond donors (Lipinski definition) is 3. The first-order chi connectivity index (χ1) is 18.9. The zero-order valence-electron chi connectivity index (χ0n) is 23.0. The zero-order chi connectivity index (χ0) is 27.8. The van der Waals surface area contributed by atoms with E-state index in [1.165, 1.54) is 6.20 Å². The number of amides is 2. The number of hydrogen-bond acceptors (Lipinski definition) is 9. The Balaban J connectivity index is 1.48. The van der Waals surface area contributed by atoms with Crippen molar-refractivity contribution in [2.24, 2.45) is 7.05 Å². The Labute approximate surface area is 228 Å². The fraction of sp³-hybridized carbons (Fsp3) is 0.444. The van der Waals surface area contributed by atoms with Crippen LogP contribution in [0.1, 0.15) is 30.1 Å². The summed E-state index contributed by atoms with van der Waals surface area (Å²) >= 11 is 0. The summed E-state index contributed by atoms with van der Waals surface area (Å²) < 4.78 is 7.31. The standard InChI is InChI=1S/C27H37N9O3/c1-5-10-35-12-14-36(15-13-35)11-9-24(37)32-23-16-22(20(17-29-23)27(38)28-2)31-21-8-6-7-19(25(21)39-4)26-30-18-34(3)33-26/h6-8,16-18H,5,9-15H2,1-4H3,(H,28,38)(H2,29,31,32,37). The van der Waals surface area contributed by atoms with Gasteiger partial charge in [0.05, 0.1) is 29.6 Å². The molecule has 0 saturated carbocycles. The van der Waals surface area contributed by atoms with E-state index >= 15 is 0 Å². The molecule has 1 aliphatic rings. The Morgan fingerprint density at radius 2 is 1.79 bits per heavy atom. The highest BCUT2D eigenvalue weighted by atomic mass is 16.5. The number of ether oxygens (including phenoxy) is 1. The Hall–Kier alpha value is -4.03. The molecule has 208 valence electrons. The lowest BCUT2D eigenvalue weighted by molar-refractivity contribution is -0.116. The molecule has 0 atom stereocenters.